The van der Waals surface area contributed by atoms with Gasteiger partial charge in [-0.1, -0.05) is 18.2 Å². The zero-order chi connectivity index (χ0) is 16.4. The zero-order valence-corrected chi connectivity index (χ0v) is 13.4. The lowest BCUT2D eigenvalue weighted by molar-refractivity contribution is 0.0799. The van der Waals surface area contributed by atoms with Gasteiger partial charge in [0.25, 0.3) is 5.89 Å². The second kappa shape index (κ2) is 6.53. The number of carbonyl (C=O) groups excluding carboxylic acids is 1. The van der Waals surface area contributed by atoms with Gasteiger partial charge in [0.1, 0.15) is 6.26 Å². The Hall–Kier alpha value is -2.53. The van der Waals surface area contributed by atoms with E-state index in [0.29, 0.717) is 0 Å². The van der Waals surface area contributed by atoms with Gasteiger partial charge in [-0.05, 0) is 43.6 Å². The summed E-state index contributed by atoms with van der Waals surface area (Å²) in [6, 6.07) is 10.4. The van der Waals surface area contributed by atoms with E-state index in [1.807, 2.05) is 24.4 Å². The quantitative estimate of drug-likeness (QED) is 0.690. The highest BCUT2D eigenvalue weighted by molar-refractivity contribution is 5.93. The van der Waals surface area contributed by atoms with E-state index in [1.54, 1.807) is 0 Å². The minimum absolute atomic E-state index is 0.0228. The number of rotatable bonds is 4. The van der Waals surface area contributed by atoms with Crippen molar-refractivity contribution in [1.82, 2.24) is 14.9 Å². The number of hydrogen-bond acceptors (Lipinski definition) is 5. The number of fused-ring (bicyclic) bond motifs is 1. The van der Waals surface area contributed by atoms with Crippen molar-refractivity contribution < 1.29 is 9.21 Å². The highest BCUT2D eigenvalue weighted by Gasteiger charge is 2.28. The van der Waals surface area contributed by atoms with Crippen LogP contribution in [0.25, 0.3) is 10.9 Å². The van der Waals surface area contributed by atoms with Gasteiger partial charge in [0.05, 0.1) is 11.7 Å². The first-order valence-electron chi connectivity index (χ1n) is 8.29. The van der Waals surface area contributed by atoms with Crippen LogP contribution in [0.3, 0.4) is 0 Å². The fraction of sp³-hybridized carbons (Fsp3) is 0.316. The SMILES string of the molecule is O=C(c1ncco1)C1CCN(Cc2cnc3ccccc3c2)CC1. The van der Waals surface area contributed by atoms with E-state index in [1.165, 1.54) is 23.4 Å². The van der Waals surface area contributed by atoms with Crippen molar-refractivity contribution in [3.8, 4) is 0 Å². The van der Waals surface area contributed by atoms with Crippen molar-refractivity contribution in [3.05, 3.63) is 60.4 Å². The molecule has 0 radical (unpaired) electrons. The molecule has 0 amide bonds. The maximum Gasteiger partial charge on any atom is 0.263 e. The summed E-state index contributed by atoms with van der Waals surface area (Å²) in [5.74, 6) is 0.300. The third-order valence-electron chi connectivity index (χ3n) is 4.65. The number of ketones is 1. The molecular formula is C19H19N3O2. The first kappa shape index (κ1) is 15.0. The molecule has 1 aliphatic rings. The van der Waals surface area contributed by atoms with Crippen LogP contribution in [0.1, 0.15) is 29.1 Å². The Morgan fingerprint density at radius 3 is 2.83 bits per heavy atom. The van der Waals surface area contributed by atoms with Crippen LogP contribution in [0.4, 0.5) is 0 Å². The molecule has 1 fully saturated rings. The van der Waals surface area contributed by atoms with E-state index < -0.39 is 0 Å². The average molecular weight is 321 g/mol. The number of carbonyl (C=O) groups is 1. The molecule has 4 rings (SSSR count). The van der Waals surface area contributed by atoms with Crippen molar-refractivity contribution in [3.63, 3.8) is 0 Å². The first-order valence-corrected chi connectivity index (χ1v) is 8.29. The van der Waals surface area contributed by atoms with Crippen molar-refractivity contribution in [2.75, 3.05) is 13.1 Å². The van der Waals surface area contributed by atoms with Gasteiger partial charge in [-0.2, -0.15) is 0 Å². The molecule has 0 spiro atoms. The Labute approximate surface area is 140 Å². The lowest BCUT2D eigenvalue weighted by Crippen LogP contribution is -2.36. The van der Waals surface area contributed by atoms with Gasteiger partial charge in [-0.25, -0.2) is 4.98 Å². The number of para-hydroxylation sites is 1. The molecule has 0 saturated carbocycles. The van der Waals surface area contributed by atoms with Crippen LogP contribution in [0, 0.1) is 5.92 Å². The van der Waals surface area contributed by atoms with Crippen LogP contribution < -0.4 is 0 Å². The Morgan fingerprint density at radius 2 is 2.04 bits per heavy atom. The van der Waals surface area contributed by atoms with Crippen LogP contribution in [0.2, 0.25) is 0 Å². The molecular weight excluding hydrogens is 302 g/mol. The molecule has 3 aromatic rings. The van der Waals surface area contributed by atoms with Crippen molar-refractivity contribution >= 4 is 16.7 Å². The van der Waals surface area contributed by atoms with Crippen LogP contribution in [-0.2, 0) is 6.54 Å². The van der Waals surface area contributed by atoms with E-state index >= 15 is 0 Å². The topological polar surface area (TPSA) is 59.2 Å². The standard InChI is InChI=1S/C19H19N3O2/c23-18(19-20-7-10-24-19)15-5-8-22(9-6-15)13-14-11-16-3-1-2-4-17(16)21-12-14/h1-4,7,10-12,15H,5-6,8-9,13H2. The lowest BCUT2D eigenvalue weighted by Gasteiger charge is -2.30. The summed E-state index contributed by atoms with van der Waals surface area (Å²) in [6.45, 7) is 2.69. The van der Waals surface area contributed by atoms with Crippen LogP contribution >= 0.6 is 0 Å². The van der Waals surface area contributed by atoms with Gasteiger partial charge in [-0.3, -0.25) is 14.7 Å². The molecule has 0 bridgehead atoms. The number of likely N-dealkylation sites (tertiary alicyclic amines) is 1. The molecule has 5 nitrogen and oxygen atoms in total. The van der Waals surface area contributed by atoms with E-state index in [4.69, 9.17) is 4.42 Å². The number of piperidine rings is 1. The molecule has 0 aliphatic carbocycles. The molecule has 3 heterocycles. The van der Waals surface area contributed by atoms with E-state index in [9.17, 15) is 4.79 Å². The number of hydrogen-bond donors (Lipinski definition) is 0. The summed E-state index contributed by atoms with van der Waals surface area (Å²) >= 11 is 0. The second-order valence-electron chi connectivity index (χ2n) is 6.29. The number of benzene rings is 1. The smallest absolute Gasteiger partial charge is 0.263 e. The Bertz CT molecular complexity index is 837. The largest absolute Gasteiger partial charge is 0.442 e. The number of pyridine rings is 1. The monoisotopic (exact) mass is 321 g/mol. The molecule has 0 atom stereocenters. The molecule has 1 saturated heterocycles. The second-order valence-corrected chi connectivity index (χ2v) is 6.29. The van der Waals surface area contributed by atoms with Crippen molar-refractivity contribution in [1.29, 1.82) is 0 Å². The van der Waals surface area contributed by atoms with Crippen molar-refractivity contribution in [2.24, 2.45) is 5.92 Å². The molecule has 1 aromatic carbocycles. The summed E-state index contributed by atoms with van der Waals surface area (Å²) in [5.41, 5.74) is 2.24. The van der Waals surface area contributed by atoms with Crippen molar-refractivity contribution in [2.45, 2.75) is 19.4 Å². The van der Waals surface area contributed by atoms with E-state index in [2.05, 4.69) is 27.0 Å². The maximum absolute atomic E-state index is 12.3. The van der Waals surface area contributed by atoms with Crippen LogP contribution in [-0.4, -0.2) is 33.7 Å². The molecule has 0 unspecified atom stereocenters. The minimum atomic E-state index is 0.0228. The lowest BCUT2D eigenvalue weighted by atomic mass is 9.92. The summed E-state index contributed by atoms with van der Waals surface area (Å²) in [7, 11) is 0. The van der Waals surface area contributed by atoms with E-state index in [-0.39, 0.29) is 17.6 Å². The number of oxazole rings is 1. The zero-order valence-electron chi connectivity index (χ0n) is 13.4. The van der Waals surface area contributed by atoms with Crippen LogP contribution in [0.5, 0.6) is 0 Å². The normalized spacial score (nSPS) is 16.5. The van der Waals surface area contributed by atoms with Crippen LogP contribution in [0.15, 0.2) is 53.4 Å². The number of aromatic nitrogens is 2. The number of Topliss-reactive ketones (excluding diaryl/α,β-unsaturated/α-hetero) is 1. The van der Waals surface area contributed by atoms with Gasteiger partial charge in [0.15, 0.2) is 0 Å². The molecule has 5 heteroatoms. The minimum Gasteiger partial charge on any atom is -0.442 e. The third-order valence-corrected chi connectivity index (χ3v) is 4.65. The Kier molecular flexibility index (Phi) is 4.09. The highest BCUT2D eigenvalue weighted by Crippen LogP contribution is 2.23. The maximum atomic E-state index is 12.3. The fourth-order valence-electron chi connectivity index (χ4n) is 3.33. The molecule has 122 valence electrons. The van der Waals surface area contributed by atoms with Gasteiger partial charge in [0.2, 0.25) is 5.78 Å². The fourth-order valence-corrected chi connectivity index (χ4v) is 3.33. The molecule has 24 heavy (non-hydrogen) atoms. The molecule has 0 N–H and O–H groups in total. The predicted molar refractivity (Wildman–Crippen MR) is 90.6 cm³/mol. The summed E-state index contributed by atoms with van der Waals surface area (Å²) < 4.78 is 5.13. The highest BCUT2D eigenvalue weighted by atomic mass is 16.3. The van der Waals surface area contributed by atoms with Gasteiger partial charge in [0, 0.05) is 24.0 Å². The predicted octanol–water partition coefficient (Wildman–Crippen LogP) is 3.32. The van der Waals surface area contributed by atoms with E-state index in [0.717, 1.165) is 38.0 Å². The first-order chi connectivity index (χ1) is 11.8. The Morgan fingerprint density at radius 1 is 1.21 bits per heavy atom. The summed E-state index contributed by atoms with van der Waals surface area (Å²) in [6.07, 6.45) is 6.63. The molecule has 1 aliphatic heterocycles. The van der Waals surface area contributed by atoms with Gasteiger partial charge < -0.3 is 4.42 Å². The third kappa shape index (κ3) is 3.08. The van der Waals surface area contributed by atoms with Gasteiger partial charge in [-0.15, -0.1) is 0 Å². The Balaban J connectivity index is 1.38. The average Bonchev–Trinajstić information content (AvgIpc) is 3.16. The summed E-state index contributed by atoms with van der Waals surface area (Å²) in [4.78, 5) is 23.2. The summed E-state index contributed by atoms with van der Waals surface area (Å²) in [5, 5.41) is 1.17. The number of nitrogens with zero attached hydrogens (tertiary/aromatic N) is 3. The van der Waals surface area contributed by atoms with Gasteiger partial charge >= 0.3 is 0 Å². The molecule has 2 aromatic heterocycles.